The number of unbranched alkanes of at least 4 members (excludes halogenated alkanes) is 3. The molecule has 0 atom stereocenters. The lowest BCUT2D eigenvalue weighted by Crippen LogP contribution is -2.82. The van der Waals surface area contributed by atoms with Crippen molar-refractivity contribution in [2.24, 2.45) is 0 Å². The lowest BCUT2D eigenvalue weighted by atomic mass is 10.1. The molecule has 0 radical (unpaired) electrons. The van der Waals surface area contributed by atoms with Crippen molar-refractivity contribution in [2.75, 3.05) is 13.2 Å². The van der Waals surface area contributed by atoms with Gasteiger partial charge in [-0.3, -0.25) is 0 Å². The van der Waals surface area contributed by atoms with Gasteiger partial charge >= 0.3 is 0 Å². The van der Waals surface area contributed by atoms with E-state index in [9.17, 15) is 0 Å². The van der Waals surface area contributed by atoms with Crippen molar-refractivity contribution in [2.45, 2.75) is 46.1 Å². The van der Waals surface area contributed by atoms with Crippen LogP contribution in [0.25, 0.3) is 0 Å². The van der Waals surface area contributed by atoms with Crippen LogP contribution in [0.15, 0.2) is 42.5 Å². The van der Waals surface area contributed by atoms with E-state index in [0.717, 1.165) is 30.9 Å². The third kappa shape index (κ3) is 7.45. The zero-order chi connectivity index (χ0) is 17.9. The van der Waals surface area contributed by atoms with Gasteiger partial charge in [-0.05, 0) is 63.8 Å². The van der Waals surface area contributed by atoms with Gasteiger partial charge in [0.2, 0.25) is 0 Å². The van der Waals surface area contributed by atoms with Crippen LogP contribution in [-0.4, -0.2) is 13.2 Å². The normalized spacial score (nSPS) is 10.4. The van der Waals surface area contributed by atoms with Gasteiger partial charge in [0.05, 0.1) is 13.2 Å². The van der Waals surface area contributed by atoms with Crippen molar-refractivity contribution >= 4 is 0 Å². The van der Waals surface area contributed by atoms with Crippen molar-refractivity contribution in [3.8, 4) is 18.1 Å². The van der Waals surface area contributed by atoms with Crippen LogP contribution in [0.2, 0.25) is 0 Å². The SMILES string of the molecule is C#Cc1ccc(OCCCCCC[NH2+]Cc2cc(C)cc(C)c2)cc1. The molecular formula is C23H30NO+. The van der Waals surface area contributed by atoms with Crippen LogP contribution in [0.5, 0.6) is 5.75 Å². The van der Waals surface area contributed by atoms with Crippen molar-refractivity contribution in [1.82, 2.24) is 0 Å². The maximum atomic E-state index is 5.74. The van der Waals surface area contributed by atoms with Crippen LogP contribution >= 0.6 is 0 Å². The third-order valence-corrected chi connectivity index (χ3v) is 4.25. The van der Waals surface area contributed by atoms with E-state index in [1.807, 2.05) is 24.3 Å². The summed E-state index contributed by atoms with van der Waals surface area (Å²) < 4.78 is 5.74. The average Bonchev–Trinajstić information content (AvgIpc) is 2.60. The summed E-state index contributed by atoms with van der Waals surface area (Å²) in [6.07, 6.45) is 10.2. The summed E-state index contributed by atoms with van der Waals surface area (Å²) in [5.74, 6) is 3.52. The highest BCUT2D eigenvalue weighted by atomic mass is 16.5. The van der Waals surface area contributed by atoms with Gasteiger partial charge in [0.1, 0.15) is 12.3 Å². The van der Waals surface area contributed by atoms with E-state index >= 15 is 0 Å². The molecule has 0 bridgehead atoms. The van der Waals surface area contributed by atoms with Gasteiger partial charge in [-0.1, -0.05) is 35.2 Å². The molecule has 2 aromatic carbocycles. The molecule has 0 spiro atoms. The molecule has 0 aromatic heterocycles. The van der Waals surface area contributed by atoms with Crippen LogP contribution in [0.3, 0.4) is 0 Å². The minimum Gasteiger partial charge on any atom is -0.494 e. The summed E-state index contributed by atoms with van der Waals surface area (Å²) in [4.78, 5) is 0. The van der Waals surface area contributed by atoms with Gasteiger partial charge in [0, 0.05) is 11.1 Å². The summed E-state index contributed by atoms with van der Waals surface area (Å²) >= 11 is 0. The van der Waals surface area contributed by atoms with E-state index in [0.29, 0.717) is 0 Å². The van der Waals surface area contributed by atoms with Gasteiger partial charge < -0.3 is 10.1 Å². The fraction of sp³-hybridized carbons (Fsp3) is 0.391. The quantitative estimate of drug-likeness (QED) is 0.515. The highest BCUT2D eigenvalue weighted by Gasteiger charge is 1.99. The number of nitrogens with two attached hydrogens (primary N) is 1. The summed E-state index contributed by atoms with van der Waals surface area (Å²) in [5.41, 5.74) is 5.04. The number of terminal acetylenes is 1. The van der Waals surface area contributed by atoms with Crippen molar-refractivity contribution in [1.29, 1.82) is 0 Å². The first kappa shape index (κ1) is 19.1. The first-order chi connectivity index (χ1) is 12.2. The Labute approximate surface area is 152 Å². The molecule has 0 fully saturated rings. The first-order valence-corrected chi connectivity index (χ1v) is 9.25. The molecule has 2 N–H and O–H groups in total. The monoisotopic (exact) mass is 336 g/mol. The Bertz CT molecular complexity index is 662. The summed E-state index contributed by atoms with van der Waals surface area (Å²) in [6, 6.07) is 14.5. The highest BCUT2D eigenvalue weighted by molar-refractivity contribution is 5.36. The van der Waals surface area contributed by atoms with Gasteiger partial charge in [-0.25, -0.2) is 0 Å². The Morgan fingerprint density at radius 2 is 1.60 bits per heavy atom. The second kappa shape index (κ2) is 10.6. The number of quaternary nitrogens is 1. The van der Waals surface area contributed by atoms with E-state index < -0.39 is 0 Å². The van der Waals surface area contributed by atoms with Gasteiger partial charge in [-0.15, -0.1) is 6.42 Å². The third-order valence-electron chi connectivity index (χ3n) is 4.25. The Kier molecular flexibility index (Phi) is 8.09. The van der Waals surface area contributed by atoms with Crippen LogP contribution in [0.1, 0.15) is 47.9 Å². The molecule has 2 heteroatoms. The molecule has 0 saturated heterocycles. The van der Waals surface area contributed by atoms with E-state index in [-0.39, 0.29) is 0 Å². The summed E-state index contributed by atoms with van der Waals surface area (Å²) in [5, 5.41) is 2.41. The van der Waals surface area contributed by atoms with Crippen LogP contribution in [0.4, 0.5) is 0 Å². The van der Waals surface area contributed by atoms with E-state index in [1.165, 1.54) is 42.5 Å². The number of hydrogen-bond acceptors (Lipinski definition) is 1. The maximum Gasteiger partial charge on any atom is 0.119 e. The first-order valence-electron chi connectivity index (χ1n) is 9.25. The number of benzene rings is 2. The van der Waals surface area contributed by atoms with Gasteiger partial charge in [0.15, 0.2) is 0 Å². The van der Waals surface area contributed by atoms with E-state index in [1.54, 1.807) is 0 Å². The Morgan fingerprint density at radius 3 is 2.28 bits per heavy atom. The highest BCUT2D eigenvalue weighted by Crippen LogP contribution is 2.12. The standard InChI is InChI=1S/C23H29NO/c1-4-21-9-11-23(12-10-21)25-14-8-6-5-7-13-24-18-22-16-19(2)15-20(3)17-22/h1,9-12,15-17,24H,5-8,13-14,18H2,2-3H3/p+1. The van der Waals surface area contributed by atoms with Crippen LogP contribution < -0.4 is 10.1 Å². The predicted octanol–water partition coefficient (Wildman–Crippen LogP) is 3.99. The smallest absolute Gasteiger partial charge is 0.119 e. The second-order valence-corrected chi connectivity index (χ2v) is 6.71. The molecule has 0 aliphatic heterocycles. The molecule has 0 aliphatic carbocycles. The minimum absolute atomic E-state index is 0.779. The predicted molar refractivity (Wildman–Crippen MR) is 105 cm³/mol. The average molecular weight is 336 g/mol. The van der Waals surface area contributed by atoms with Gasteiger partial charge in [-0.2, -0.15) is 0 Å². The summed E-state index contributed by atoms with van der Waals surface area (Å²) in [7, 11) is 0. The fourth-order valence-electron chi connectivity index (χ4n) is 3.04. The lowest BCUT2D eigenvalue weighted by molar-refractivity contribution is -0.671. The van der Waals surface area contributed by atoms with Crippen molar-refractivity contribution in [3.63, 3.8) is 0 Å². The molecule has 2 rings (SSSR count). The molecule has 25 heavy (non-hydrogen) atoms. The Morgan fingerprint density at radius 1 is 0.920 bits per heavy atom. The number of rotatable bonds is 10. The van der Waals surface area contributed by atoms with Crippen LogP contribution in [0, 0.1) is 26.2 Å². The number of ether oxygens (including phenoxy) is 1. The molecule has 2 nitrogen and oxygen atoms in total. The number of hydrogen-bond donors (Lipinski definition) is 1. The maximum absolute atomic E-state index is 5.74. The van der Waals surface area contributed by atoms with Gasteiger partial charge in [0.25, 0.3) is 0 Å². The van der Waals surface area contributed by atoms with Crippen LogP contribution in [-0.2, 0) is 6.54 Å². The van der Waals surface area contributed by atoms with E-state index in [2.05, 4.69) is 43.3 Å². The molecule has 0 heterocycles. The Balaban J connectivity index is 1.48. The number of aryl methyl sites for hydroxylation is 2. The Hall–Kier alpha value is -2.24. The molecule has 0 amide bonds. The molecule has 0 unspecified atom stereocenters. The fourth-order valence-corrected chi connectivity index (χ4v) is 3.04. The topological polar surface area (TPSA) is 25.8 Å². The molecular weight excluding hydrogens is 306 g/mol. The largest absolute Gasteiger partial charge is 0.494 e. The molecule has 0 aliphatic rings. The zero-order valence-electron chi connectivity index (χ0n) is 15.6. The zero-order valence-corrected chi connectivity index (χ0v) is 15.6. The molecule has 132 valence electrons. The van der Waals surface area contributed by atoms with Crippen molar-refractivity contribution < 1.29 is 10.1 Å². The summed E-state index contributed by atoms with van der Waals surface area (Å²) in [6.45, 7) is 7.40. The van der Waals surface area contributed by atoms with Crippen molar-refractivity contribution in [3.05, 3.63) is 64.7 Å². The minimum atomic E-state index is 0.779. The lowest BCUT2D eigenvalue weighted by Gasteiger charge is -2.07. The molecule has 0 saturated carbocycles. The second-order valence-electron chi connectivity index (χ2n) is 6.71. The molecule has 2 aromatic rings. The van der Waals surface area contributed by atoms with E-state index in [4.69, 9.17) is 11.2 Å².